The number of H-pyrrole nitrogens is 1. The summed E-state index contributed by atoms with van der Waals surface area (Å²) < 4.78 is 10.3. The van der Waals surface area contributed by atoms with Gasteiger partial charge in [-0.25, -0.2) is 14.8 Å². The number of ether oxygens (including phenoxy) is 2. The van der Waals surface area contributed by atoms with Crippen molar-refractivity contribution < 1.29 is 14.3 Å². The van der Waals surface area contributed by atoms with E-state index >= 15 is 0 Å². The van der Waals surface area contributed by atoms with Crippen molar-refractivity contribution in [3.63, 3.8) is 0 Å². The monoisotopic (exact) mass is 303 g/mol. The highest BCUT2D eigenvalue weighted by molar-refractivity contribution is 5.86. The van der Waals surface area contributed by atoms with Gasteiger partial charge in [0.1, 0.15) is 12.4 Å². The van der Waals surface area contributed by atoms with Gasteiger partial charge in [0.25, 0.3) is 0 Å². The largest absolute Gasteiger partial charge is 0.488 e. The lowest BCUT2D eigenvalue weighted by Gasteiger charge is -2.30. The van der Waals surface area contributed by atoms with Crippen LogP contribution < -0.4 is 14.5 Å². The molecule has 0 atom stereocenters. The minimum atomic E-state index is -0.468. The van der Waals surface area contributed by atoms with E-state index in [1.165, 1.54) is 12.0 Å². The van der Waals surface area contributed by atoms with E-state index in [1.54, 1.807) is 25.6 Å². The molecule has 1 amide bonds. The number of aromatic amines is 1. The Hall–Kier alpha value is -2.77. The summed E-state index contributed by atoms with van der Waals surface area (Å²) in [6.07, 6.45) is 2.95. The van der Waals surface area contributed by atoms with Crippen LogP contribution in [0.5, 0.6) is 5.75 Å². The molecule has 1 N–H and O–H groups in total. The maximum Gasteiger partial charge on any atom is 0.414 e. The molecule has 3 rings (SSSR count). The first-order valence-electron chi connectivity index (χ1n) is 6.86. The third kappa shape index (κ3) is 2.67. The first kappa shape index (κ1) is 14.2. The van der Waals surface area contributed by atoms with Crippen molar-refractivity contribution in [3.05, 3.63) is 30.4 Å². The Labute approximate surface area is 127 Å². The number of amides is 1. The van der Waals surface area contributed by atoms with Crippen LogP contribution in [0.3, 0.4) is 0 Å². The molecule has 0 saturated carbocycles. The standard InChI is InChI=1S/C14H17N5O3/c1-18(14(20)21-2)12-4-3-11-13(17-12)19(5-6-22-11)8-10-7-15-9-16-10/h3-4,7,9H,5-6,8H2,1-2H3,(H,15,16). The summed E-state index contributed by atoms with van der Waals surface area (Å²) in [6, 6.07) is 3.55. The number of rotatable bonds is 3. The van der Waals surface area contributed by atoms with Crippen molar-refractivity contribution in [2.24, 2.45) is 0 Å². The van der Waals surface area contributed by atoms with Crippen LogP contribution in [-0.4, -0.2) is 48.4 Å². The third-order valence-corrected chi connectivity index (χ3v) is 3.45. The van der Waals surface area contributed by atoms with Gasteiger partial charge in [0.2, 0.25) is 0 Å². The second-order valence-electron chi connectivity index (χ2n) is 4.87. The number of imidazole rings is 1. The molecule has 0 radical (unpaired) electrons. The van der Waals surface area contributed by atoms with Crippen LogP contribution in [0.2, 0.25) is 0 Å². The zero-order valence-electron chi connectivity index (χ0n) is 12.4. The number of anilines is 2. The first-order chi connectivity index (χ1) is 10.7. The van der Waals surface area contributed by atoms with Crippen LogP contribution in [-0.2, 0) is 11.3 Å². The van der Waals surface area contributed by atoms with Crippen LogP contribution in [0, 0.1) is 0 Å². The van der Waals surface area contributed by atoms with Crippen molar-refractivity contribution in [2.75, 3.05) is 37.1 Å². The van der Waals surface area contributed by atoms with E-state index in [1.807, 2.05) is 6.07 Å². The van der Waals surface area contributed by atoms with Crippen LogP contribution >= 0.6 is 0 Å². The second-order valence-corrected chi connectivity index (χ2v) is 4.87. The highest BCUT2D eigenvalue weighted by Gasteiger charge is 2.22. The Bertz CT molecular complexity index is 659. The number of carbonyl (C=O) groups is 1. The Morgan fingerprint density at radius 1 is 1.55 bits per heavy atom. The molecule has 0 aliphatic carbocycles. The highest BCUT2D eigenvalue weighted by Crippen LogP contribution is 2.32. The number of fused-ring (bicyclic) bond motifs is 1. The quantitative estimate of drug-likeness (QED) is 0.923. The molecule has 1 aliphatic heterocycles. The van der Waals surface area contributed by atoms with Gasteiger partial charge in [-0.2, -0.15) is 0 Å². The number of carbonyl (C=O) groups excluding carboxylic acids is 1. The molecule has 2 aromatic rings. The van der Waals surface area contributed by atoms with Gasteiger partial charge in [-0.15, -0.1) is 0 Å². The zero-order valence-corrected chi connectivity index (χ0v) is 12.4. The molecule has 0 fully saturated rings. The van der Waals surface area contributed by atoms with Gasteiger partial charge in [0.05, 0.1) is 32.2 Å². The zero-order chi connectivity index (χ0) is 15.5. The SMILES string of the molecule is COC(=O)N(C)c1ccc2c(n1)N(Cc1cnc[nH]1)CCO2. The highest BCUT2D eigenvalue weighted by atomic mass is 16.5. The molecule has 22 heavy (non-hydrogen) atoms. The third-order valence-electron chi connectivity index (χ3n) is 3.45. The molecular formula is C14H17N5O3. The fourth-order valence-corrected chi connectivity index (χ4v) is 2.28. The normalized spacial score (nSPS) is 13.3. The number of aromatic nitrogens is 3. The van der Waals surface area contributed by atoms with E-state index < -0.39 is 6.09 Å². The fraction of sp³-hybridized carbons (Fsp3) is 0.357. The Morgan fingerprint density at radius 2 is 2.41 bits per heavy atom. The maximum atomic E-state index is 11.6. The molecule has 0 bridgehead atoms. The predicted molar refractivity (Wildman–Crippen MR) is 80.2 cm³/mol. The van der Waals surface area contributed by atoms with Crippen molar-refractivity contribution in [1.82, 2.24) is 15.0 Å². The second kappa shape index (κ2) is 5.92. The molecule has 2 aromatic heterocycles. The number of pyridine rings is 1. The van der Waals surface area contributed by atoms with Gasteiger partial charge < -0.3 is 19.4 Å². The molecular weight excluding hydrogens is 286 g/mol. The van der Waals surface area contributed by atoms with Crippen molar-refractivity contribution in [3.8, 4) is 5.75 Å². The molecule has 8 heteroatoms. The Morgan fingerprint density at radius 3 is 3.14 bits per heavy atom. The summed E-state index contributed by atoms with van der Waals surface area (Å²) in [5.41, 5.74) is 0.987. The molecule has 116 valence electrons. The Kier molecular flexibility index (Phi) is 3.82. The van der Waals surface area contributed by atoms with Crippen LogP contribution in [0.4, 0.5) is 16.4 Å². The fourth-order valence-electron chi connectivity index (χ4n) is 2.28. The van der Waals surface area contributed by atoms with E-state index in [9.17, 15) is 4.79 Å². The van der Waals surface area contributed by atoms with E-state index in [0.29, 0.717) is 37.1 Å². The van der Waals surface area contributed by atoms with Gasteiger partial charge >= 0.3 is 6.09 Å². The average Bonchev–Trinajstić information content (AvgIpc) is 3.06. The minimum Gasteiger partial charge on any atom is -0.488 e. The number of nitrogens with one attached hydrogen (secondary N) is 1. The number of hydrogen-bond acceptors (Lipinski definition) is 6. The summed E-state index contributed by atoms with van der Waals surface area (Å²) >= 11 is 0. The molecule has 1 aliphatic rings. The smallest absolute Gasteiger partial charge is 0.414 e. The number of nitrogens with zero attached hydrogens (tertiary/aromatic N) is 4. The van der Waals surface area contributed by atoms with Crippen molar-refractivity contribution in [1.29, 1.82) is 0 Å². The van der Waals surface area contributed by atoms with Gasteiger partial charge in [-0.05, 0) is 12.1 Å². The lowest BCUT2D eigenvalue weighted by atomic mass is 10.3. The number of hydrogen-bond donors (Lipinski definition) is 1. The van der Waals surface area contributed by atoms with Crippen molar-refractivity contribution in [2.45, 2.75) is 6.54 Å². The maximum absolute atomic E-state index is 11.6. The van der Waals surface area contributed by atoms with Crippen LogP contribution in [0.25, 0.3) is 0 Å². The lowest BCUT2D eigenvalue weighted by molar-refractivity contribution is 0.180. The van der Waals surface area contributed by atoms with E-state index in [0.717, 1.165) is 5.69 Å². The van der Waals surface area contributed by atoms with E-state index in [2.05, 4.69) is 19.9 Å². The molecule has 8 nitrogen and oxygen atoms in total. The minimum absolute atomic E-state index is 0.468. The molecule has 0 saturated heterocycles. The van der Waals surface area contributed by atoms with Gasteiger partial charge in [0.15, 0.2) is 11.6 Å². The summed E-state index contributed by atoms with van der Waals surface area (Å²) in [7, 11) is 2.95. The summed E-state index contributed by atoms with van der Waals surface area (Å²) in [5.74, 6) is 1.91. The van der Waals surface area contributed by atoms with E-state index in [-0.39, 0.29) is 0 Å². The average molecular weight is 303 g/mol. The topological polar surface area (TPSA) is 83.6 Å². The summed E-state index contributed by atoms with van der Waals surface area (Å²) in [4.78, 5) is 26.7. The van der Waals surface area contributed by atoms with Gasteiger partial charge in [-0.3, -0.25) is 4.90 Å². The molecule has 0 aromatic carbocycles. The first-order valence-corrected chi connectivity index (χ1v) is 6.86. The predicted octanol–water partition coefficient (Wildman–Crippen LogP) is 1.41. The van der Waals surface area contributed by atoms with Crippen molar-refractivity contribution >= 4 is 17.7 Å². The van der Waals surface area contributed by atoms with Crippen LogP contribution in [0.1, 0.15) is 5.69 Å². The van der Waals surface area contributed by atoms with Gasteiger partial charge in [0, 0.05) is 13.2 Å². The Balaban J connectivity index is 1.89. The van der Waals surface area contributed by atoms with E-state index in [4.69, 9.17) is 9.47 Å². The van der Waals surface area contributed by atoms with Crippen LogP contribution in [0.15, 0.2) is 24.7 Å². The number of methoxy groups -OCH3 is 1. The lowest BCUT2D eigenvalue weighted by Crippen LogP contribution is -2.34. The summed E-state index contributed by atoms with van der Waals surface area (Å²) in [5, 5.41) is 0. The summed E-state index contributed by atoms with van der Waals surface area (Å²) in [6.45, 7) is 1.95. The molecule has 0 unspecified atom stereocenters. The molecule has 0 spiro atoms. The molecule has 3 heterocycles. The van der Waals surface area contributed by atoms with Gasteiger partial charge in [-0.1, -0.05) is 0 Å².